The molecule has 1 heteroatoms. The Morgan fingerprint density at radius 2 is 2.06 bits per heavy atom. The smallest absolute Gasteiger partial charge is 0.00143 e. The number of hydrogen-bond acceptors (Lipinski definition) is 1. The molecule has 0 spiro atoms. The molecule has 0 aromatic carbocycles. The maximum atomic E-state index is 3.44. The summed E-state index contributed by atoms with van der Waals surface area (Å²) in [5, 5.41) is 3.44. The summed E-state index contributed by atoms with van der Waals surface area (Å²) in [4.78, 5) is 0. The van der Waals surface area contributed by atoms with Gasteiger partial charge in [0.2, 0.25) is 0 Å². The molecule has 1 N–H and O–H groups in total. The molecular weight excluding hydrogens is 194 g/mol. The van der Waals surface area contributed by atoms with Gasteiger partial charge in [-0.3, -0.25) is 0 Å². The van der Waals surface area contributed by atoms with Crippen molar-refractivity contribution in [1.82, 2.24) is 5.32 Å². The van der Waals surface area contributed by atoms with Crippen LogP contribution in [0.2, 0.25) is 0 Å². The zero-order valence-corrected chi connectivity index (χ0v) is 11.2. The average Bonchev–Trinajstić information content (AvgIpc) is 2.34. The van der Waals surface area contributed by atoms with Crippen molar-refractivity contribution in [3.05, 3.63) is 12.2 Å². The normalized spacial score (nSPS) is 26.4. The van der Waals surface area contributed by atoms with Gasteiger partial charge in [0, 0.05) is 0 Å². The van der Waals surface area contributed by atoms with Crippen LogP contribution < -0.4 is 5.32 Å². The first-order valence-corrected chi connectivity index (χ1v) is 7.24. The lowest BCUT2D eigenvalue weighted by atomic mass is 9.80. The van der Waals surface area contributed by atoms with E-state index in [-0.39, 0.29) is 0 Å². The van der Waals surface area contributed by atoms with Gasteiger partial charge in [0.05, 0.1) is 0 Å². The molecule has 1 rings (SSSR count). The standard InChI is InChI=1S/C15H29N/c1-3-11-16-12-6-5-8-15-10-7-9-14(4-2)13-15/h5,8,14-16H,3-4,6-7,9-13H2,1-2H3. The first-order chi connectivity index (χ1) is 7.86. The van der Waals surface area contributed by atoms with Gasteiger partial charge in [-0.05, 0) is 50.6 Å². The fourth-order valence-electron chi connectivity index (χ4n) is 2.65. The molecule has 0 heterocycles. The van der Waals surface area contributed by atoms with E-state index < -0.39 is 0 Å². The van der Waals surface area contributed by atoms with Crippen LogP contribution in [-0.4, -0.2) is 13.1 Å². The third-order valence-electron chi connectivity index (χ3n) is 3.72. The van der Waals surface area contributed by atoms with E-state index >= 15 is 0 Å². The highest BCUT2D eigenvalue weighted by Gasteiger charge is 2.18. The van der Waals surface area contributed by atoms with E-state index in [1.54, 1.807) is 0 Å². The second-order valence-electron chi connectivity index (χ2n) is 5.17. The molecule has 0 amide bonds. The Labute approximate surface area is 102 Å². The van der Waals surface area contributed by atoms with Gasteiger partial charge in [-0.25, -0.2) is 0 Å². The lowest BCUT2D eigenvalue weighted by Gasteiger charge is -2.26. The van der Waals surface area contributed by atoms with Gasteiger partial charge in [-0.2, -0.15) is 0 Å². The van der Waals surface area contributed by atoms with Gasteiger partial charge < -0.3 is 5.32 Å². The Balaban J connectivity index is 2.08. The van der Waals surface area contributed by atoms with Crippen LogP contribution in [0.5, 0.6) is 0 Å². The van der Waals surface area contributed by atoms with E-state index in [2.05, 4.69) is 31.3 Å². The van der Waals surface area contributed by atoms with E-state index in [9.17, 15) is 0 Å². The second-order valence-corrected chi connectivity index (χ2v) is 5.17. The highest BCUT2D eigenvalue weighted by Crippen LogP contribution is 2.31. The fourth-order valence-corrected chi connectivity index (χ4v) is 2.65. The van der Waals surface area contributed by atoms with Crippen LogP contribution in [0.25, 0.3) is 0 Å². The van der Waals surface area contributed by atoms with Crippen molar-refractivity contribution in [3.8, 4) is 0 Å². The van der Waals surface area contributed by atoms with Gasteiger partial charge in [-0.1, -0.05) is 45.3 Å². The molecule has 0 aliphatic heterocycles. The van der Waals surface area contributed by atoms with Crippen molar-refractivity contribution < 1.29 is 0 Å². The molecule has 0 aromatic rings. The molecule has 0 bridgehead atoms. The van der Waals surface area contributed by atoms with E-state index in [1.807, 2.05) is 0 Å². The molecule has 1 aliphatic rings. The Bertz CT molecular complexity index is 186. The lowest BCUT2D eigenvalue weighted by Crippen LogP contribution is -2.15. The minimum absolute atomic E-state index is 0.880. The Morgan fingerprint density at radius 3 is 2.81 bits per heavy atom. The molecule has 0 saturated heterocycles. The van der Waals surface area contributed by atoms with Crippen molar-refractivity contribution in [2.75, 3.05) is 13.1 Å². The summed E-state index contributed by atoms with van der Waals surface area (Å²) in [6.07, 6.45) is 14.5. The highest BCUT2D eigenvalue weighted by molar-refractivity contribution is 4.91. The maximum absolute atomic E-state index is 3.44. The van der Waals surface area contributed by atoms with Crippen molar-refractivity contribution in [1.29, 1.82) is 0 Å². The largest absolute Gasteiger partial charge is 0.316 e. The molecule has 1 aliphatic carbocycles. The van der Waals surface area contributed by atoms with E-state index in [0.29, 0.717) is 0 Å². The lowest BCUT2D eigenvalue weighted by molar-refractivity contribution is 0.297. The minimum atomic E-state index is 0.880. The van der Waals surface area contributed by atoms with Crippen LogP contribution in [0, 0.1) is 11.8 Å². The quantitative estimate of drug-likeness (QED) is 0.505. The average molecular weight is 223 g/mol. The highest BCUT2D eigenvalue weighted by atomic mass is 14.8. The molecule has 1 fully saturated rings. The van der Waals surface area contributed by atoms with Crippen LogP contribution in [0.4, 0.5) is 0 Å². The maximum Gasteiger partial charge on any atom is -0.00143 e. The van der Waals surface area contributed by atoms with Crippen LogP contribution in [0.3, 0.4) is 0 Å². The summed E-state index contributed by atoms with van der Waals surface area (Å²) in [5.41, 5.74) is 0. The van der Waals surface area contributed by atoms with Gasteiger partial charge in [0.15, 0.2) is 0 Å². The SMILES string of the molecule is CCCNCCC=CC1CCCC(CC)C1. The monoisotopic (exact) mass is 223 g/mol. The van der Waals surface area contributed by atoms with Gasteiger partial charge >= 0.3 is 0 Å². The Kier molecular flexibility index (Phi) is 7.58. The molecule has 0 radical (unpaired) electrons. The predicted molar refractivity (Wildman–Crippen MR) is 72.7 cm³/mol. The molecule has 0 aromatic heterocycles. The summed E-state index contributed by atoms with van der Waals surface area (Å²) in [7, 11) is 0. The number of hydrogen-bond donors (Lipinski definition) is 1. The molecule has 1 nitrogen and oxygen atoms in total. The summed E-state index contributed by atoms with van der Waals surface area (Å²) >= 11 is 0. The summed E-state index contributed by atoms with van der Waals surface area (Å²) in [6, 6.07) is 0. The fraction of sp³-hybridized carbons (Fsp3) is 0.867. The van der Waals surface area contributed by atoms with Crippen molar-refractivity contribution >= 4 is 0 Å². The summed E-state index contributed by atoms with van der Waals surface area (Å²) in [5.74, 6) is 1.88. The molecule has 2 unspecified atom stereocenters. The molecule has 16 heavy (non-hydrogen) atoms. The first-order valence-electron chi connectivity index (χ1n) is 7.24. The third kappa shape index (κ3) is 5.69. The predicted octanol–water partition coefficient (Wildman–Crippen LogP) is 4.15. The molecular formula is C15H29N. The number of allylic oxidation sites excluding steroid dienone is 1. The summed E-state index contributed by atoms with van der Waals surface area (Å²) < 4.78 is 0. The molecule has 1 saturated carbocycles. The molecule has 94 valence electrons. The van der Waals surface area contributed by atoms with Crippen LogP contribution in [0.1, 0.15) is 58.8 Å². The van der Waals surface area contributed by atoms with Crippen LogP contribution in [0.15, 0.2) is 12.2 Å². The zero-order valence-electron chi connectivity index (χ0n) is 11.2. The summed E-state index contributed by atoms with van der Waals surface area (Å²) in [6.45, 7) is 6.87. The first kappa shape index (κ1) is 13.8. The number of rotatable bonds is 7. The minimum Gasteiger partial charge on any atom is -0.316 e. The second kappa shape index (κ2) is 8.81. The van der Waals surface area contributed by atoms with Gasteiger partial charge in [-0.15, -0.1) is 0 Å². The molecule has 2 atom stereocenters. The van der Waals surface area contributed by atoms with Crippen molar-refractivity contribution in [2.45, 2.75) is 58.8 Å². The van der Waals surface area contributed by atoms with Crippen molar-refractivity contribution in [3.63, 3.8) is 0 Å². The van der Waals surface area contributed by atoms with Gasteiger partial charge in [0.25, 0.3) is 0 Å². The van der Waals surface area contributed by atoms with Crippen LogP contribution >= 0.6 is 0 Å². The van der Waals surface area contributed by atoms with E-state index in [1.165, 1.54) is 44.9 Å². The van der Waals surface area contributed by atoms with E-state index in [0.717, 1.165) is 24.9 Å². The topological polar surface area (TPSA) is 12.0 Å². The Morgan fingerprint density at radius 1 is 1.19 bits per heavy atom. The van der Waals surface area contributed by atoms with Crippen LogP contribution in [-0.2, 0) is 0 Å². The van der Waals surface area contributed by atoms with Crippen molar-refractivity contribution in [2.24, 2.45) is 11.8 Å². The Hall–Kier alpha value is -0.300. The number of nitrogens with one attached hydrogen (secondary N) is 1. The third-order valence-corrected chi connectivity index (χ3v) is 3.72. The van der Waals surface area contributed by atoms with E-state index in [4.69, 9.17) is 0 Å². The van der Waals surface area contributed by atoms with Gasteiger partial charge in [0.1, 0.15) is 0 Å². The zero-order chi connectivity index (χ0) is 11.6.